The highest BCUT2D eigenvalue weighted by Gasteiger charge is 2.43. The predicted molar refractivity (Wildman–Crippen MR) is 47.7 cm³/mol. The average molecular weight is 194 g/mol. The first-order valence-corrected chi connectivity index (χ1v) is 6.28. The van der Waals surface area contributed by atoms with Crippen molar-refractivity contribution in [2.24, 2.45) is 0 Å². The third-order valence-electron chi connectivity index (χ3n) is 1.73. The van der Waals surface area contributed by atoms with Gasteiger partial charge < -0.3 is 19.1 Å². The summed E-state index contributed by atoms with van der Waals surface area (Å²) in [6, 6.07) is 0.606. The third-order valence-corrected chi connectivity index (χ3v) is 5.18. The van der Waals surface area contributed by atoms with Gasteiger partial charge in [-0.25, -0.2) is 0 Å². The van der Waals surface area contributed by atoms with Gasteiger partial charge in [0, 0.05) is 13.7 Å². The zero-order valence-electron chi connectivity index (χ0n) is 7.91. The van der Waals surface area contributed by atoms with E-state index in [-0.39, 0.29) is 0 Å². The second-order valence-electron chi connectivity index (χ2n) is 2.57. The molecule has 1 unspecified atom stereocenters. The Morgan fingerprint density at radius 1 is 1.33 bits per heavy atom. The molecule has 0 aromatic rings. The molecule has 0 heterocycles. The number of aliphatic hydroxyl groups is 2. The molecule has 5 heteroatoms. The first kappa shape index (κ1) is 12.1. The Kier molecular flexibility index (Phi) is 5.69. The smallest absolute Gasteiger partial charge is 0.395 e. The van der Waals surface area contributed by atoms with E-state index >= 15 is 0 Å². The molecule has 0 fully saturated rings. The van der Waals surface area contributed by atoms with Crippen molar-refractivity contribution < 1.29 is 19.1 Å². The topological polar surface area (TPSA) is 58.9 Å². The molecule has 0 aliphatic carbocycles. The van der Waals surface area contributed by atoms with Crippen LogP contribution in [0.4, 0.5) is 0 Å². The van der Waals surface area contributed by atoms with Crippen molar-refractivity contribution in [3.05, 3.63) is 0 Å². The molecule has 0 saturated carbocycles. The minimum Gasteiger partial charge on any atom is -0.395 e. The highest BCUT2D eigenvalue weighted by molar-refractivity contribution is 6.68. The number of aliphatic hydroxyl groups excluding tert-OH is 1. The van der Waals surface area contributed by atoms with Crippen molar-refractivity contribution in [2.45, 2.75) is 32.2 Å². The summed E-state index contributed by atoms with van der Waals surface area (Å²) in [6.45, 7) is 4.23. The summed E-state index contributed by atoms with van der Waals surface area (Å²) in [7, 11) is -1.27. The van der Waals surface area contributed by atoms with Crippen LogP contribution in [0.15, 0.2) is 0 Å². The molecule has 0 spiro atoms. The van der Waals surface area contributed by atoms with E-state index in [1.165, 1.54) is 7.11 Å². The van der Waals surface area contributed by atoms with Gasteiger partial charge in [-0.2, -0.15) is 0 Å². The van der Waals surface area contributed by atoms with Gasteiger partial charge in [0.05, 0.1) is 0 Å². The Balaban J connectivity index is 4.28. The van der Waals surface area contributed by atoms with Crippen molar-refractivity contribution in [3.63, 3.8) is 0 Å². The van der Waals surface area contributed by atoms with Crippen LogP contribution in [-0.2, 0) is 8.85 Å². The van der Waals surface area contributed by atoms with Crippen molar-refractivity contribution >= 4 is 8.56 Å². The second kappa shape index (κ2) is 5.66. The van der Waals surface area contributed by atoms with Gasteiger partial charge in [0.25, 0.3) is 0 Å². The Bertz CT molecular complexity index is 112. The van der Waals surface area contributed by atoms with E-state index in [1.807, 2.05) is 13.8 Å². The molecule has 2 N–H and O–H groups in total. The number of hydrogen-bond acceptors (Lipinski definition) is 4. The molecule has 0 aliphatic rings. The molecule has 74 valence electrons. The Hall–Kier alpha value is 0.0569. The van der Waals surface area contributed by atoms with Crippen LogP contribution in [0.25, 0.3) is 0 Å². The molecule has 0 amide bonds. The minimum absolute atomic E-state index is 0.456. The monoisotopic (exact) mass is 194 g/mol. The molecular weight excluding hydrogens is 176 g/mol. The fourth-order valence-electron chi connectivity index (χ4n) is 1.13. The first-order valence-electron chi connectivity index (χ1n) is 4.18. The highest BCUT2D eigenvalue weighted by Crippen LogP contribution is 2.17. The van der Waals surface area contributed by atoms with Gasteiger partial charge in [0.1, 0.15) is 0 Å². The lowest BCUT2D eigenvalue weighted by Gasteiger charge is -2.29. The maximum Gasteiger partial charge on any atom is 0.395 e. The molecule has 0 aliphatic heterocycles. The summed E-state index contributed by atoms with van der Waals surface area (Å²) < 4.78 is 10.4. The quantitative estimate of drug-likeness (QED) is 0.474. The van der Waals surface area contributed by atoms with Crippen LogP contribution in [-0.4, -0.2) is 38.4 Å². The number of hydrogen-bond donors (Lipinski definition) is 2. The van der Waals surface area contributed by atoms with E-state index in [0.29, 0.717) is 12.7 Å². The maximum absolute atomic E-state index is 9.09. The molecule has 1 atom stereocenters. The zero-order chi connectivity index (χ0) is 9.61. The first-order chi connectivity index (χ1) is 5.63. The van der Waals surface area contributed by atoms with Gasteiger partial charge in [-0.05, 0) is 13.0 Å². The maximum atomic E-state index is 9.09. The van der Waals surface area contributed by atoms with Gasteiger partial charge in [-0.1, -0.05) is 13.3 Å². The summed E-state index contributed by atoms with van der Waals surface area (Å²) in [5, 5.41) is 18.2. The van der Waals surface area contributed by atoms with Crippen molar-refractivity contribution in [3.8, 4) is 0 Å². The molecule has 0 aromatic carbocycles. The van der Waals surface area contributed by atoms with Crippen LogP contribution in [0.1, 0.15) is 20.3 Å². The Morgan fingerprint density at radius 2 is 1.92 bits per heavy atom. The molecule has 4 nitrogen and oxygen atoms in total. The van der Waals surface area contributed by atoms with E-state index in [1.54, 1.807) is 0 Å². The van der Waals surface area contributed by atoms with Crippen LogP contribution in [0.5, 0.6) is 0 Å². The molecule has 12 heavy (non-hydrogen) atoms. The molecule has 0 radical (unpaired) electrons. The average Bonchev–Trinajstić information content (AvgIpc) is 2.03. The van der Waals surface area contributed by atoms with Crippen LogP contribution in [0.2, 0.25) is 6.04 Å². The predicted octanol–water partition coefficient (Wildman–Crippen LogP) is 0.371. The van der Waals surface area contributed by atoms with E-state index in [4.69, 9.17) is 19.1 Å². The van der Waals surface area contributed by atoms with Gasteiger partial charge in [0.15, 0.2) is 5.91 Å². The van der Waals surface area contributed by atoms with E-state index < -0.39 is 14.5 Å². The van der Waals surface area contributed by atoms with Crippen LogP contribution in [0.3, 0.4) is 0 Å². The second-order valence-corrected chi connectivity index (χ2v) is 5.91. The van der Waals surface area contributed by atoms with E-state index in [0.717, 1.165) is 6.42 Å². The molecule has 0 aromatic heterocycles. The van der Waals surface area contributed by atoms with Crippen LogP contribution < -0.4 is 0 Å². The van der Waals surface area contributed by atoms with Gasteiger partial charge in [-0.3, -0.25) is 0 Å². The summed E-state index contributed by atoms with van der Waals surface area (Å²) >= 11 is 0. The molecule has 0 rings (SSSR count). The highest BCUT2D eigenvalue weighted by atomic mass is 28.4. The Labute approximate surface area is 74.4 Å². The summed E-state index contributed by atoms with van der Waals surface area (Å²) in [5.74, 6) is -1.46. The number of rotatable bonds is 6. The summed E-state index contributed by atoms with van der Waals surface area (Å²) in [4.78, 5) is 0. The lowest BCUT2D eigenvalue weighted by Crippen LogP contribution is -2.52. The molecule has 0 bridgehead atoms. The zero-order valence-corrected chi connectivity index (χ0v) is 8.91. The van der Waals surface area contributed by atoms with Crippen molar-refractivity contribution in [2.75, 3.05) is 13.7 Å². The van der Waals surface area contributed by atoms with Gasteiger partial charge in [-0.15, -0.1) is 0 Å². The van der Waals surface area contributed by atoms with Crippen LogP contribution >= 0.6 is 0 Å². The molecular formula is C7H18O4Si. The van der Waals surface area contributed by atoms with Crippen LogP contribution in [0, 0.1) is 0 Å². The lowest BCUT2D eigenvalue weighted by atomic mass is 10.6. The SMILES string of the molecule is CCC[Si](OC)(OCC)C(O)O. The summed E-state index contributed by atoms with van der Waals surface area (Å²) in [5.41, 5.74) is 0. The summed E-state index contributed by atoms with van der Waals surface area (Å²) in [6.07, 6.45) is 0.831. The van der Waals surface area contributed by atoms with Crippen molar-refractivity contribution in [1.29, 1.82) is 0 Å². The molecule has 0 saturated heterocycles. The fourth-order valence-corrected chi connectivity index (χ4v) is 3.40. The lowest BCUT2D eigenvalue weighted by molar-refractivity contribution is -0.0226. The largest absolute Gasteiger partial charge is 0.395 e. The third kappa shape index (κ3) is 2.84. The van der Waals surface area contributed by atoms with Crippen molar-refractivity contribution in [1.82, 2.24) is 0 Å². The van der Waals surface area contributed by atoms with E-state index in [2.05, 4.69) is 0 Å². The normalized spacial score (nSPS) is 16.5. The van der Waals surface area contributed by atoms with Gasteiger partial charge in [0.2, 0.25) is 0 Å². The van der Waals surface area contributed by atoms with Gasteiger partial charge >= 0.3 is 8.56 Å². The Morgan fingerprint density at radius 3 is 2.17 bits per heavy atom. The fraction of sp³-hybridized carbons (Fsp3) is 1.00. The standard InChI is InChI=1S/C7H18O4Si/c1-4-6-12(10-3,7(8)9)11-5-2/h7-9H,4-6H2,1-3H3. The minimum atomic E-state index is -2.74. The van der Waals surface area contributed by atoms with E-state index in [9.17, 15) is 0 Å².